The van der Waals surface area contributed by atoms with Crippen LogP contribution in [0.5, 0.6) is 0 Å². The quantitative estimate of drug-likeness (QED) is 0.729. The van der Waals surface area contributed by atoms with Gasteiger partial charge >= 0.3 is 0 Å². The summed E-state index contributed by atoms with van der Waals surface area (Å²) in [6.45, 7) is 4.82. The summed E-state index contributed by atoms with van der Waals surface area (Å²) in [6.07, 6.45) is 0.549. The number of carbonyl (C=O) groups is 2. The van der Waals surface area contributed by atoms with Crippen LogP contribution in [0.3, 0.4) is 0 Å². The van der Waals surface area contributed by atoms with Crippen molar-refractivity contribution in [2.75, 3.05) is 39.3 Å². The van der Waals surface area contributed by atoms with Gasteiger partial charge in [0.05, 0.1) is 6.54 Å². The van der Waals surface area contributed by atoms with Gasteiger partial charge in [0, 0.05) is 50.3 Å². The Morgan fingerprint density at radius 3 is 1.72 bits per heavy atom. The Morgan fingerprint density at radius 1 is 0.680 bits per heavy atom. The highest BCUT2D eigenvalue weighted by Crippen LogP contribution is 2.08. The smallest absolute Gasteiger partial charge is 0.176 e. The first-order valence-electron chi connectivity index (χ1n) is 8.83. The van der Waals surface area contributed by atoms with Crippen molar-refractivity contribution < 1.29 is 9.59 Å². The molecule has 0 saturated carbocycles. The third-order valence-corrected chi connectivity index (χ3v) is 4.68. The van der Waals surface area contributed by atoms with Gasteiger partial charge in [0.2, 0.25) is 0 Å². The van der Waals surface area contributed by atoms with Gasteiger partial charge in [-0.15, -0.1) is 0 Å². The number of nitrogens with zero attached hydrogens (tertiary/aromatic N) is 2. The molecule has 1 aliphatic rings. The Morgan fingerprint density at radius 2 is 1.16 bits per heavy atom. The van der Waals surface area contributed by atoms with E-state index in [1.54, 1.807) is 0 Å². The second kappa shape index (κ2) is 8.70. The number of rotatable bonds is 7. The molecular formula is C21H24N2O2. The maximum absolute atomic E-state index is 12.3. The lowest BCUT2D eigenvalue weighted by Crippen LogP contribution is -2.48. The first-order chi connectivity index (χ1) is 12.2. The van der Waals surface area contributed by atoms with E-state index in [0.717, 1.165) is 43.9 Å². The second-order valence-electron chi connectivity index (χ2n) is 6.45. The Bertz CT molecular complexity index is 692. The van der Waals surface area contributed by atoms with Crippen molar-refractivity contribution in [1.82, 2.24) is 9.80 Å². The Balaban J connectivity index is 1.40. The lowest BCUT2D eigenvalue weighted by atomic mass is 10.1. The molecule has 4 nitrogen and oxygen atoms in total. The molecule has 0 N–H and O–H groups in total. The molecular weight excluding hydrogens is 312 g/mol. The van der Waals surface area contributed by atoms with Gasteiger partial charge in [0.15, 0.2) is 11.6 Å². The van der Waals surface area contributed by atoms with Crippen LogP contribution >= 0.6 is 0 Å². The maximum atomic E-state index is 12.3. The van der Waals surface area contributed by atoms with Gasteiger partial charge in [0.25, 0.3) is 0 Å². The molecule has 0 bridgehead atoms. The van der Waals surface area contributed by atoms with E-state index in [-0.39, 0.29) is 11.6 Å². The fraction of sp³-hybridized carbons (Fsp3) is 0.333. The summed E-state index contributed by atoms with van der Waals surface area (Å²) in [4.78, 5) is 28.9. The summed E-state index contributed by atoms with van der Waals surface area (Å²) < 4.78 is 0. The minimum absolute atomic E-state index is 0.174. The molecule has 0 aliphatic carbocycles. The summed E-state index contributed by atoms with van der Waals surface area (Å²) in [5, 5.41) is 0. The van der Waals surface area contributed by atoms with E-state index in [4.69, 9.17) is 0 Å². The topological polar surface area (TPSA) is 40.6 Å². The average Bonchev–Trinajstić information content (AvgIpc) is 2.68. The molecule has 1 fully saturated rings. The SMILES string of the molecule is O=C(CCN1CCN(CC(=O)c2ccccc2)CC1)c1ccccc1. The van der Waals surface area contributed by atoms with Crippen molar-refractivity contribution in [2.45, 2.75) is 6.42 Å². The van der Waals surface area contributed by atoms with Crippen LogP contribution in [0.2, 0.25) is 0 Å². The molecule has 0 atom stereocenters. The number of Topliss-reactive ketones (excluding diaryl/α,β-unsaturated/α-hetero) is 2. The lowest BCUT2D eigenvalue weighted by Gasteiger charge is -2.34. The van der Waals surface area contributed by atoms with Crippen LogP contribution in [0.15, 0.2) is 60.7 Å². The highest BCUT2D eigenvalue weighted by atomic mass is 16.1. The van der Waals surface area contributed by atoms with Gasteiger partial charge in [-0.05, 0) is 0 Å². The van der Waals surface area contributed by atoms with E-state index in [2.05, 4.69) is 9.80 Å². The van der Waals surface area contributed by atoms with Crippen LogP contribution in [0.1, 0.15) is 27.1 Å². The van der Waals surface area contributed by atoms with E-state index in [1.807, 2.05) is 60.7 Å². The number of hydrogen-bond donors (Lipinski definition) is 0. The molecule has 4 heteroatoms. The molecule has 0 radical (unpaired) electrons. The maximum Gasteiger partial charge on any atom is 0.176 e. The Hall–Kier alpha value is -2.30. The molecule has 130 valence electrons. The standard InChI is InChI=1S/C21H24N2O2/c24-20(18-7-3-1-4-8-18)11-12-22-13-15-23(16-14-22)17-21(25)19-9-5-2-6-10-19/h1-10H,11-17H2. The number of piperazine rings is 1. The lowest BCUT2D eigenvalue weighted by molar-refractivity contribution is 0.0836. The normalized spacial score (nSPS) is 15.8. The zero-order valence-corrected chi connectivity index (χ0v) is 14.4. The third-order valence-electron chi connectivity index (χ3n) is 4.68. The molecule has 2 aromatic carbocycles. The molecule has 0 spiro atoms. The predicted octanol–water partition coefficient (Wildman–Crippen LogP) is 2.76. The van der Waals surface area contributed by atoms with Crippen LogP contribution in [-0.4, -0.2) is 60.6 Å². The Labute approximate surface area is 149 Å². The minimum atomic E-state index is 0.174. The fourth-order valence-electron chi connectivity index (χ4n) is 3.12. The van der Waals surface area contributed by atoms with Crippen LogP contribution in [0.25, 0.3) is 0 Å². The van der Waals surface area contributed by atoms with E-state index in [9.17, 15) is 9.59 Å². The van der Waals surface area contributed by atoms with Crippen LogP contribution in [0.4, 0.5) is 0 Å². The number of ketones is 2. The van der Waals surface area contributed by atoms with Crippen molar-refractivity contribution in [2.24, 2.45) is 0 Å². The summed E-state index contributed by atoms with van der Waals surface area (Å²) >= 11 is 0. The van der Waals surface area contributed by atoms with E-state index in [0.29, 0.717) is 13.0 Å². The average molecular weight is 336 g/mol. The Kier molecular flexibility index (Phi) is 6.09. The summed E-state index contributed by atoms with van der Waals surface area (Å²) in [5.74, 6) is 0.371. The zero-order chi connectivity index (χ0) is 17.5. The molecule has 0 unspecified atom stereocenters. The fourth-order valence-corrected chi connectivity index (χ4v) is 3.12. The largest absolute Gasteiger partial charge is 0.300 e. The molecule has 1 saturated heterocycles. The monoisotopic (exact) mass is 336 g/mol. The van der Waals surface area contributed by atoms with Crippen molar-refractivity contribution in [3.63, 3.8) is 0 Å². The van der Waals surface area contributed by atoms with E-state index >= 15 is 0 Å². The van der Waals surface area contributed by atoms with Gasteiger partial charge in [-0.25, -0.2) is 0 Å². The summed E-state index contributed by atoms with van der Waals surface area (Å²) in [7, 11) is 0. The minimum Gasteiger partial charge on any atom is -0.300 e. The van der Waals surface area contributed by atoms with E-state index in [1.165, 1.54) is 0 Å². The second-order valence-corrected chi connectivity index (χ2v) is 6.45. The highest BCUT2D eigenvalue weighted by molar-refractivity contribution is 5.97. The molecule has 25 heavy (non-hydrogen) atoms. The van der Waals surface area contributed by atoms with Crippen LogP contribution < -0.4 is 0 Å². The summed E-state index contributed by atoms with van der Waals surface area (Å²) in [6, 6.07) is 18.9. The van der Waals surface area contributed by atoms with Gasteiger partial charge in [0.1, 0.15) is 0 Å². The molecule has 3 rings (SSSR count). The molecule has 1 aliphatic heterocycles. The molecule has 1 heterocycles. The number of benzene rings is 2. The summed E-state index contributed by atoms with van der Waals surface area (Å²) in [5.41, 5.74) is 1.56. The predicted molar refractivity (Wildman–Crippen MR) is 99.0 cm³/mol. The van der Waals surface area contributed by atoms with Gasteiger partial charge < -0.3 is 4.90 Å². The van der Waals surface area contributed by atoms with E-state index < -0.39 is 0 Å². The number of carbonyl (C=O) groups excluding carboxylic acids is 2. The zero-order valence-electron chi connectivity index (χ0n) is 14.4. The van der Waals surface area contributed by atoms with Crippen molar-refractivity contribution in [3.05, 3.63) is 71.8 Å². The first kappa shape index (κ1) is 17.5. The molecule has 2 aromatic rings. The third kappa shape index (κ3) is 5.08. The van der Waals surface area contributed by atoms with Crippen molar-refractivity contribution >= 4 is 11.6 Å². The highest BCUT2D eigenvalue weighted by Gasteiger charge is 2.20. The molecule has 0 amide bonds. The first-order valence-corrected chi connectivity index (χ1v) is 8.83. The van der Waals surface area contributed by atoms with Crippen LogP contribution in [-0.2, 0) is 0 Å². The van der Waals surface area contributed by atoms with Gasteiger partial charge in [-0.1, -0.05) is 60.7 Å². The number of hydrogen-bond acceptors (Lipinski definition) is 4. The van der Waals surface area contributed by atoms with Crippen molar-refractivity contribution in [3.8, 4) is 0 Å². The van der Waals surface area contributed by atoms with Crippen LogP contribution in [0, 0.1) is 0 Å². The van der Waals surface area contributed by atoms with Gasteiger partial charge in [-0.2, -0.15) is 0 Å². The van der Waals surface area contributed by atoms with Gasteiger partial charge in [-0.3, -0.25) is 14.5 Å². The molecule has 0 aromatic heterocycles. The van der Waals surface area contributed by atoms with Crippen molar-refractivity contribution in [1.29, 1.82) is 0 Å².